The van der Waals surface area contributed by atoms with E-state index in [0.717, 1.165) is 24.8 Å². The maximum absolute atomic E-state index is 13.8. The number of carbonyl (C=O) groups excluding carboxylic acids is 2. The summed E-state index contributed by atoms with van der Waals surface area (Å²) >= 11 is 1.18. The Kier molecular flexibility index (Phi) is 7.23. The Balaban J connectivity index is 1.53. The molecule has 0 saturated heterocycles. The number of nitrogens with two attached hydrogens (primary N) is 1. The van der Waals surface area contributed by atoms with E-state index in [0.29, 0.717) is 33.5 Å². The predicted molar refractivity (Wildman–Crippen MR) is 149 cm³/mol. The van der Waals surface area contributed by atoms with E-state index in [1.807, 2.05) is 61.5 Å². The van der Waals surface area contributed by atoms with E-state index < -0.39 is 0 Å². The predicted octanol–water partition coefficient (Wildman–Crippen LogP) is 6.51. The monoisotopic (exact) mass is 511 g/mol. The lowest BCUT2D eigenvalue weighted by atomic mass is 9.87. The zero-order valence-corrected chi connectivity index (χ0v) is 21.4. The molecule has 1 amide bonds. The van der Waals surface area contributed by atoms with Crippen molar-refractivity contribution in [1.29, 1.82) is 0 Å². The van der Waals surface area contributed by atoms with Gasteiger partial charge in [-0.25, -0.2) is 0 Å². The van der Waals surface area contributed by atoms with Gasteiger partial charge in [0.05, 0.1) is 29.6 Å². The summed E-state index contributed by atoms with van der Waals surface area (Å²) in [5.41, 5.74) is 10.6. The number of hydrogen-bond acceptors (Lipinski definition) is 6. The van der Waals surface area contributed by atoms with E-state index in [-0.39, 0.29) is 29.0 Å². The van der Waals surface area contributed by atoms with Crippen molar-refractivity contribution >= 4 is 39.4 Å². The summed E-state index contributed by atoms with van der Waals surface area (Å²) in [6.07, 6.45) is 2.84. The summed E-state index contributed by atoms with van der Waals surface area (Å²) in [7, 11) is 0. The number of benzene rings is 3. The quantitative estimate of drug-likeness (QED) is 0.235. The first-order chi connectivity index (χ1) is 18.1. The summed E-state index contributed by atoms with van der Waals surface area (Å²) in [4.78, 5) is 27.5. The summed E-state index contributed by atoms with van der Waals surface area (Å²) < 4.78 is 5.77. The number of nitrogen functional groups attached to an aromatic ring is 1. The molecule has 7 heteroatoms. The van der Waals surface area contributed by atoms with Gasteiger partial charge in [0.1, 0.15) is 15.6 Å². The highest BCUT2D eigenvalue weighted by Gasteiger charge is 2.29. The van der Waals surface area contributed by atoms with Crippen LogP contribution in [0.25, 0.3) is 0 Å². The van der Waals surface area contributed by atoms with Crippen molar-refractivity contribution in [2.75, 3.05) is 17.7 Å². The fourth-order valence-corrected chi connectivity index (χ4v) is 5.85. The van der Waals surface area contributed by atoms with Crippen molar-refractivity contribution in [1.82, 2.24) is 5.32 Å². The summed E-state index contributed by atoms with van der Waals surface area (Å²) in [6, 6.07) is 24.6. The Bertz CT molecular complexity index is 1430. The molecule has 6 nitrogen and oxygen atoms in total. The van der Waals surface area contributed by atoms with Gasteiger partial charge < -0.3 is 21.1 Å². The molecule has 1 aliphatic carbocycles. The second-order valence-electron chi connectivity index (χ2n) is 8.92. The maximum Gasteiger partial charge on any atom is 0.256 e. The zero-order chi connectivity index (χ0) is 25.8. The second kappa shape index (κ2) is 10.9. The molecule has 1 atom stereocenters. The smallest absolute Gasteiger partial charge is 0.256 e. The van der Waals surface area contributed by atoms with Crippen LogP contribution in [0.4, 0.5) is 16.4 Å². The number of amides is 1. The maximum atomic E-state index is 13.8. The van der Waals surface area contributed by atoms with E-state index in [9.17, 15) is 9.59 Å². The molecule has 4 N–H and O–H groups in total. The van der Waals surface area contributed by atoms with Crippen LogP contribution in [-0.4, -0.2) is 18.3 Å². The fourth-order valence-electron chi connectivity index (χ4n) is 4.75. The topological polar surface area (TPSA) is 93.4 Å². The molecule has 0 fully saturated rings. The highest BCUT2D eigenvalue weighted by atomic mass is 32.1. The van der Waals surface area contributed by atoms with Crippen LogP contribution >= 0.6 is 11.3 Å². The van der Waals surface area contributed by atoms with Crippen LogP contribution in [0.5, 0.6) is 5.75 Å². The Labute approximate surface area is 220 Å². The number of fused-ring (bicyclic) bond motifs is 1. The lowest BCUT2D eigenvalue weighted by Crippen LogP contribution is -2.31. The number of ether oxygens (including phenoxy) is 1. The zero-order valence-electron chi connectivity index (χ0n) is 20.6. The summed E-state index contributed by atoms with van der Waals surface area (Å²) in [5, 5.41) is 7.03. The standard InChI is InChI=1S/C30H29N3O3S/c1-2-36-24-18-9-8-16-23(24)33-30-25(26(31)28(37-30)27(34)20-12-4-3-5-13-20)29(35)32-22-17-10-14-19-11-6-7-15-21(19)22/h3-9,11-13,15-16,18,22,33H,2,10,14,17,31H2,1H3,(H,32,35)/t22-/m0/s1. The normalized spacial score (nSPS) is 14.5. The van der Waals surface area contributed by atoms with Crippen LogP contribution in [0.15, 0.2) is 78.9 Å². The molecule has 1 heterocycles. The third kappa shape index (κ3) is 5.08. The molecular formula is C30H29N3O3S. The highest BCUT2D eigenvalue weighted by molar-refractivity contribution is 7.19. The van der Waals surface area contributed by atoms with E-state index in [4.69, 9.17) is 10.5 Å². The molecule has 37 heavy (non-hydrogen) atoms. The van der Waals surface area contributed by atoms with Gasteiger partial charge in [-0.05, 0) is 49.4 Å². The third-order valence-electron chi connectivity index (χ3n) is 6.52. The van der Waals surface area contributed by atoms with E-state index in [1.54, 1.807) is 12.1 Å². The van der Waals surface area contributed by atoms with Gasteiger partial charge in [-0.3, -0.25) is 9.59 Å². The Morgan fingerprint density at radius 2 is 1.73 bits per heavy atom. The van der Waals surface area contributed by atoms with Gasteiger partial charge in [0.2, 0.25) is 5.78 Å². The fraction of sp³-hybridized carbons (Fsp3) is 0.200. The number of anilines is 3. The Morgan fingerprint density at radius 3 is 2.54 bits per heavy atom. The van der Waals surface area contributed by atoms with Crippen LogP contribution in [0, 0.1) is 0 Å². The first-order valence-electron chi connectivity index (χ1n) is 12.5. The van der Waals surface area contributed by atoms with Crippen molar-refractivity contribution in [2.45, 2.75) is 32.2 Å². The van der Waals surface area contributed by atoms with Gasteiger partial charge in [-0.1, -0.05) is 66.7 Å². The lowest BCUT2D eigenvalue weighted by molar-refractivity contribution is 0.0934. The molecule has 5 rings (SSSR count). The molecule has 3 aromatic carbocycles. The largest absolute Gasteiger partial charge is 0.492 e. The van der Waals surface area contributed by atoms with Crippen LogP contribution in [0.3, 0.4) is 0 Å². The minimum Gasteiger partial charge on any atom is -0.492 e. The van der Waals surface area contributed by atoms with Crippen LogP contribution in [0.1, 0.15) is 62.5 Å². The van der Waals surface area contributed by atoms with E-state index in [2.05, 4.69) is 22.8 Å². The SMILES string of the molecule is CCOc1ccccc1Nc1sc(C(=O)c2ccccc2)c(N)c1C(=O)N[C@H]1CCCc2ccccc21. The van der Waals surface area contributed by atoms with Gasteiger partial charge in [0.25, 0.3) is 5.91 Å². The van der Waals surface area contributed by atoms with Crippen molar-refractivity contribution in [3.8, 4) is 5.75 Å². The van der Waals surface area contributed by atoms with Gasteiger partial charge >= 0.3 is 0 Å². The molecule has 0 radical (unpaired) electrons. The molecule has 1 aliphatic rings. The summed E-state index contributed by atoms with van der Waals surface area (Å²) in [6.45, 7) is 2.41. The van der Waals surface area contributed by atoms with Crippen LogP contribution < -0.4 is 21.1 Å². The highest BCUT2D eigenvalue weighted by Crippen LogP contribution is 2.41. The molecule has 0 spiro atoms. The van der Waals surface area contributed by atoms with E-state index in [1.165, 1.54) is 16.9 Å². The molecule has 188 valence electrons. The van der Waals surface area contributed by atoms with Crippen molar-refractivity contribution in [3.63, 3.8) is 0 Å². The number of ketones is 1. The summed E-state index contributed by atoms with van der Waals surface area (Å²) in [5.74, 6) is 0.130. The molecule has 4 aromatic rings. The third-order valence-corrected chi connectivity index (χ3v) is 7.64. The Hall–Kier alpha value is -4.10. The molecule has 1 aromatic heterocycles. The number of hydrogen-bond donors (Lipinski definition) is 3. The number of thiophene rings is 1. The van der Waals surface area contributed by atoms with Crippen LogP contribution in [-0.2, 0) is 6.42 Å². The Morgan fingerprint density at radius 1 is 1.00 bits per heavy atom. The average molecular weight is 512 g/mol. The van der Waals surface area contributed by atoms with Gasteiger partial charge in [-0.15, -0.1) is 11.3 Å². The number of para-hydroxylation sites is 2. The lowest BCUT2D eigenvalue weighted by Gasteiger charge is -2.26. The molecule has 0 aliphatic heterocycles. The second-order valence-corrected chi connectivity index (χ2v) is 9.94. The molecule has 0 bridgehead atoms. The molecule has 0 saturated carbocycles. The number of rotatable bonds is 8. The van der Waals surface area contributed by atoms with Gasteiger partial charge in [0, 0.05) is 5.56 Å². The van der Waals surface area contributed by atoms with Gasteiger partial charge in [0.15, 0.2) is 0 Å². The van der Waals surface area contributed by atoms with Crippen molar-refractivity contribution in [3.05, 3.63) is 106 Å². The molecule has 0 unspecified atom stereocenters. The molecular weight excluding hydrogens is 482 g/mol. The van der Waals surface area contributed by atoms with Gasteiger partial charge in [-0.2, -0.15) is 0 Å². The average Bonchev–Trinajstić information content (AvgIpc) is 3.25. The first-order valence-corrected chi connectivity index (χ1v) is 13.3. The minimum absolute atomic E-state index is 0.117. The number of aryl methyl sites for hydroxylation is 1. The minimum atomic E-state index is -0.307. The first kappa shape index (κ1) is 24.6. The number of nitrogens with one attached hydrogen (secondary N) is 2. The number of carbonyl (C=O) groups is 2. The van der Waals surface area contributed by atoms with Crippen molar-refractivity contribution in [2.24, 2.45) is 0 Å². The van der Waals surface area contributed by atoms with Crippen LogP contribution in [0.2, 0.25) is 0 Å². The van der Waals surface area contributed by atoms with Crippen molar-refractivity contribution < 1.29 is 14.3 Å². The van der Waals surface area contributed by atoms with E-state index >= 15 is 0 Å².